The van der Waals surface area contributed by atoms with Crippen LogP contribution in [0, 0.1) is 5.92 Å². The van der Waals surface area contributed by atoms with E-state index >= 15 is 0 Å². The summed E-state index contributed by atoms with van der Waals surface area (Å²) in [4.78, 5) is 29.8. The van der Waals surface area contributed by atoms with Gasteiger partial charge in [-0.3, -0.25) is 9.59 Å². The van der Waals surface area contributed by atoms with Gasteiger partial charge in [0.25, 0.3) is 5.91 Å². The molecule has 0 bridgehead atoms. The number of hydrogen-bond donors (Lipinski definition) is 0. The fourth-order valence-corrected chi connectivity index (χ4v) is 4.09. The smallest absolute Gasteiger partial charge is 0.289 e. The third-order valence-corrected chi connectivity index (χ3v) is 5.90. The van der Waals surface area contributed by atoms with E-state index in [2.05, 4.69) is 0 Å². The van der Waals surface area contributed by atoms with E-state index in [4.69, 9.17) is 13.9 Å². The van der Waals surface area contributed by atoms with E-state index in [-0.39, 0.29) is 23.8 Å². The first-order valence-electron chi connectivity index (χ1n) is 10.4. The van der Waals surface area contributed by atoms with Crippen LogP contribution in [0.5, 0.6) is 11.5 Å². The highest BCUT2D eigenvalue weighted by atomic mass is 16.5. The normalized spacial score (nSPS) is 18.7. The first-order chi connectivity index (χ1) is 14.6. The topological polar surface area (TPSA) is 72.2 Å². The maximum Gasteiger partial charge on any atom is 0.289 e. The molecule has 1 aliphatic carbocycles. The van der Waals surface area contributed by atoms with E-state index in [1.807, 2.05) is 23.1 Å². The monoisotopic (exact) mass is 412 g/mol. The maximum atomic E-state index is 13.5. The van der Waals surface area contributed by atoms with Crippen LogP contribution in [0.2, 0.25) is 0 Å². The number of carbonyl (C=O) groups excluding carboxylic acids is 2. The zero-order valence-electron chi connectivity index (χ0n) is 17.5. The lowest BCUT2D eigenvalue weighted by Gasteiger charge is -2.35. The molecule has 4 rings (SSSR count). The van der Waals surface area contributed by atoms with Crippen molar-refractivity contribution in [1.82, 2.24) is 9.80 Å². The van der Waals surface area contributed by atoms with Crippen LogP contribution in [0.4, 0.5) is 0 Å². The molecule has 2 amide bonds. The molecule has 160 valence electrons. The average molecular weight is 412 g/mol. The summed E-state index contributed by atoms with van der Waals surface area (Å²) >= 11 is 0. The number of piperidine rings is 1. The molecule has 0 N–H and O–H groups in total. The minimum atomic E-state index is -0.192. The van der Waals surface area contributed by atoms with Crippen molar-refractivity contribution in [2.75, 3.05) is 27.3 Å². The summed E-state index contributed by atoms with van der Waals surface area (Å²) < 4.78 is 16.1. The van der Waals surface area contributed by atoms with E-state index < -0.39 is 0 Å². The molecular weight excluding hydrogens is 384 g/mol. The second kappa shape index (κ2) is 8.81. The first kappa shape index (κ1) is 20.3. The largest absolute Gasteiger partial charge is 0.497 e. The van der Waals surface area contributed by atoms with Crippen molar-refractivity contribution in [3.8, 4) is 11.5 Å². The summed E-state index contributed by atoms with van der Waals surface area (Å²) in [5.74, 6) is 1.54. The van der Waals surface area contributed by atoms with Gasteiger partial charge in [0.1, 0.15) is 11.5 Å². The Morgan fingerprint density at radius 2 is 2.00 bits per heavy atom. The molecule has 1 aromatic carbocycles. The van der Waals surface area contributed by atoms with Gasteiger partial charge in [-0.2, -0.15) is 0 Å². The Balaban J connectivity index is 1.48. The lowest BCUT2D eigenvalue weighted by atomic mass is 9.95. The lowest BCUT2D eigenvalue weighted by Crippen LogP contribution is -2.47. The van der Waals surface area contributed by atoms with Crippen LogP contribution in [0.15, 0.2) is 41.0 Å². The maximum absolute atomic E-state index is 13.5. The summed E-state index contributed by atoms with van der Waals surface area (Å²) in [6, 6.07) is 9.32. The molecule has 2 fully saturated rings. The standard InChI is InChI=1S/C23H28N2O5/c1-28-19-10-7-16(21(13-19)29-2)15-25(18-8-9-18)22(26)17-5-3-11-24(14-17)23(27)20-6-4-12-30-20/h4,6-7,10,12-13,17-18H,3,5,8-9,11,14-15H2,1-2H3. The minimum Gasteiger partial charge on any atom is -0.497 e. The molecule has 1 atom stereocenters. The number of rotatable bonds is 7. The highest BCUT2D eigenvalue weighted by Crippen LogP contribution is 2.34. The number of furan rings is 1. The van der Waals surface area contributed by atoms with E-state index in [1.165, 1.54) is 6.26 Å². The van der Waals surface area contributed by atoms with Crippen LogP contribution < -0.4 is 9.47 Å². The SMILES string of the molecule is COc1ccc(CN(C(=O)C2CCCN(C(=O)c3ccco3)C2)C2CC2)c(OC)c1. The molecule has 30 heavy (non-hydrogen) atoms. The molecule has 1 saturated heterocycles. The van der Waals surface area contributed by atoms with Crippen LogP contribution in [0.25, 0.3) is 0 Å². The Labute approximate surface area is 176 Å². The van der Waals surface area contributed by atoms with Gasteiger partial charge < -0.3 is 23.7 Å². The summed E-state index contributed by atoms with van der Waals surface area (Å²) in [6.07, 6.45) is 5.14. The quantitative estimate of drug-likeness (QED) is 0.697. The summed E-state index contributed by atoms with van der Waals surface area (Å²) in [7, 11) is 3.24. The van der Waals surface area contributed by atoms with Gasteiger partial charge in [0, 0.05) is 37.3 Å². The van der Waals surface area contributed by atoms with Gasteiger partial charge in [-0.05, 0) is 49.9 Å². The fraction of sp³-hybridized carbons (Fsp3) is 0.478. The van der Waals surface area contributed by atoms with Gasteiger partial charge in [-0.15, -0.1) is 0 Å². The van der Waals surface area contributed by atoms with Gasteiger partial charge in [0.15, 0.2) is 5.76 Å². The first-order valence-corrected chi connectivity index (χ1v) is 10.4. The molecule has 1 unspecified atom stereocenters. The van der Waals surface area contributed by atoms with Crippen molar-refractivity contribution in [2.45, 2.75) is 38.3 Å². The number of likely N-dealkylation sites (tertiary alicyclic amines) is 1. The van der Waals surface area contributed by atoms with Crippen molar-refractivity contribution < 1.29 is 23.5 Å². The molecule has 1 saturated carbocycles. The van der Waals surface area contributed by atoms with Gasteiger partial charge in [-0.1, -0.05) is 0 Å². The predicted molar refractivity (Wildman–Crippen MR) is 110 cm³/mol. The predicted octanol–water partition coefficient (Wildman–Crippen LogP) is 3.34. The molecule has 0 spiro atoms. The van der Waals surface area contributed by atoms with Crippen molar-refractivity contribution in [1.29, 1.82) is 0 Å². The number of amides is 2. The zero-order chi connectivity index (χ0) is 21.1. The van der Waals surface area contributed by atoms with Crippen LogP contribution in [0.1, 0.15) is 41.8 Å². The van der Waals surface area contributed by atoms with E-state index in [0.29, 0.717) is 31.1 Å². The number of hydrogen-bond acceptors (Lipinski definition) is 5. The van der Waals surface area contributed by atoms with E-state index in [0.717, 1.165) is 37.0 Å². The number of nitrogens with zero attached hydrogens (tertiary/aromatic N) is 2. The molecule has 0 radical (unpaired) electrons. The molecule has 2 aliphatic rings. The lowest BCUT2D eigenvalue weighted by molar-refractivity contribution is -0.138. The molecule has 7 nitrogen and oxygen atoms in total. The zero-order valence-corrected chi connectivity index (χ0v) is 17.5. The number of ether oxygens (including phenoxy) is 2. The Kier molecular flexibility index (Phi) is 5.97. The number of methoxy groups -OCH3 is 2. The molecule has 7 heteroatoms. The summed E-state index contributed by atoms with van der Waals surface area (Å²) in [6.45, 7) is 1.58. The number of benzene rings is 1. The minimum absolute atomic E-state index is 0.118. The third kappa shape index (κ3) is 4.30. The fourth-order valence-electron chi connectivity index (χ4n) is 4.09. The average Bonchev–Trinajstić information content (AvgIpc) is 3.49. The Hall–Kier alpha value is -2.96. The number of carbonyl (C=O) groups is 2. The van der Waals surface area contributed by atoms with Gasteiger partial charge >= 0.3 is 0 Å². The van der Waals surface area contributed by atoms with Gasteiger partial charge in [-0.25, -0.2) is 0 Å². The van der Waals surface area contributed by atoms with Crippen molar-refractivity contribution >= 4 is 11.8 Å². The summed E-state index contributed by atoms with van der Waals surface area (Å²) in [5, 5.41) is 0. The Morgan fingerprint density at radius 1 is 1.17 bits per heavy atom. The third-order valence-electron chi connectivity index (χ3n) is 5.90. The second-order valence-corrected chi connectivity index (χ2v) is 7.94. The Bertz CT molecular complexity index is 891. The highest BCUT2D eigenvalue weighted by Gasteiger charge is 2.38. The Morgan fingerprint density at radius 3 is 2.67 bits per heavy atom. The van der Waals surface area contributed by atoms with Crippen molar-refractivity contribution in [2.24, 2.45) is 5.92 Å². The van der Waals surface area contributed by atoms with Crippen molar-refractivity contribution in [3.63, 3.8) is 0 Å². The van der Waals surface area contributed by atoms with Gasteiger partial charge in [0.05, 0.1) is 26.4 Å². The molecule has 1 aromatic heterocycles. The van der Waals surface area contributed by atoms with Crippen LogP contribution in [-0.2, 0) is 11.3 Å². The highest BCUT2D eigenvalue weighted by molar-refractivity contribution is 5.92. The van der Waals surface area contributed by atoms with E-state index in [1.54, 1.807) is 31.3 Å². The van der Waals surface area contributed by atoms with Crippen molar-refractivity contribution in [3.05, 3.63) is 47.9 Å². The van der Waals surface area contributed by atoms with Gasteiger partial charge in [0.2, 0.25) is 5.91 Å². The molecule has 2 aromatic rings. The molecule has 2 heterocycles. The van der Waals surface area contributed by atoms with Crippen LogP contribution in [-0.4, -0.2) is 55.0 Å². The molecular formula is C23H28N2O5. The van der Waals surface area contributed by atoms with Crippen LogP contribution >= 0.6 is 0 Å². The molecule has 1 aliphatic heterocycles. The van der Waals surface area contributed by atoms with E-state index in [9.17, 15) is 9.59 Å². The van der Waals surface area contributed by atoms with Crippen LogP contribution in [0.3, 0.4) is 0 Å². The summed E-state index contributed by atoms with van der Waals surface area (Å²) in [5.41, 5.74) is 0.956. The second-order valence-electron chi connectivity index (χ2n) is 7.94.